The topological polar surface area (TPSA) is 49.4 Å². The van der Waals surface area contributed by atoms with Crippen LogP contribution in [0.5, 0.6) is 0 Å². The van der Waals surface area contributed by atoms with Crippen molar-refractivity contribution in [3.05, 3.63) is 58.1 Å². The third kappa shape index (κ3) is 5.66. The van der Waals surface area contributed by atoms with Gasteiger partial charge in [-0.25, -0.2) is 0 Å². The molecule has 1 N–H and O–H groups in total. The molecule has 25 heavy (non-hydrogen) atoms. The van der Waals surface area contributed by atoms with Crippen LogP contribution in [0.2, 0.25) is 10.0 Å². The Morgan fingerprint density at radius 1 is 1.12 bits per heavy atom. The van der Waals surface area contributed by atoms with Crippen LogP contribution in [0.3, 0.4) is 0 Å². The fraction of sp³-hybridized carbons (Fsp3) is 0.222. The number of para-hydroxylation sites is 1. The average molecular weight is 397 g/mol. The molecule has 0 aromatic heterocycles. The second-order valence-corrected chi connectivity index (χ2v) is 7.09. The smallest absolute Gasteiger partial charge is 0.244 e. The number of anilines is 1. The van der Waals surface area contributed by atoms with Gasteiger partial charge in [0.1, 0.15) is 0 Å². The lowest BCUT2D eigenvalue weighted by Crippen LogP contribution is -2.35. The van der Waals surface area contributed by atoms with Crippen molar-refractivity contribution in [3.8, 4) is 0 Å². The van der Waals surface area contributed by atoms with Crippen LogP contribution in [0, 0.1) is 0 Å². The van der Waals surface area contributed by atoms with Crippen molar-refractivity contribution in [2.24, 2.45) is 0 Å². The molecule has 0 saturated heterocycles. The molecule has 0 aliphatic rings. The zero-order valence-electron chi connectivity index (χ0n) is 13.9. The molecule has 7 heteroatoms. The zero-order chi connectivity index (χ0) is 18.4. The van der Waals surface area contributed by atoms with Crippen LogP contribution in [-0.4, -0.2) is 36.6 Å². The van der Waals surface area contributed by atoms with Gasteiger partial charge >= 0.3 is 0 Å². The number of nitrogens with zero attached hydrogens (tertiary/aromatic N) is 1. The van der Waals surface area contributed by atoms with Crippen LogP contribution in [0.4, 0.5) is 5.69 Å². The van der Waals surface area contributed by atoms with Crippen molar-refractivity contribution in [1.29, 1.82) is 0 Å². The van der Waals surface area contributed by atoms with Gasteiger partial charge in [-0.05, 0) is 36.1 Å². The summed E-state index contributed by atoms with van der Waals surface area (Å²) in [4.78, 5) is 26.8. The number of rotatable bonds is 6. The predicted molar refractivity (Wildman–Crippen MR) is 105 cm³/mol. The van der Waals surface area contributed by atoms with Gasteiger partial charge in [0.15, 0.2) is 0 Å². The van der Waals surface area contributed by atoms with Crippen molar-refractivity contribution < 1.29 is 9.59 Å². The summed E-state index contributed by atoms with van der Waals surface area (Å²) in [7, 11) is 1.60. The first-order valence-electron chi connectivity index (χ1n) is 7.51. The van der Waals surface area contributed by atoms with Crippen LogP contribution in [0.25, 0.3) is 0 Å². The molecule has 0 aliphatic heterocycles. The average Bonchev–Trinajstić information content (AvgIpc) is 2.58. The van der Waals surface area contributed by atoms with E-state index in [0.717, 1.165) is 16.1 Å². The Bertz CT molecular complexity index is 783. The summed E-state index contributed by atoms with van der Waals surface area (Å²) in [6.45, 7) is -0.0249. The second kappa shape index (κ2) is 9.13. The quantitative estimate of drug-likeness (QED) is 0.738. The number of benzene rings is 2. The van der Waals surface area contributed by atoms with Crippen molar-refractivity contribution >= 4 is 52.5 Å². The lowest BCUT2D eigenvalue weighted by molar-refractivity contribution is -0.132. The number of carbonyl (C=O) groups is 2. The number of nitrogens with one attached hydrogen (secondary N) is 1. The number of carbonyl (C=O) groups excluding carboxylic acids is 2. The van der Waals surface area contributed by atoms with E-state index in [2.05, 4.69) is 5.32 Å². The van der Waals surface area contributed by atoms with E-state index in [1.54, 1.807) is 37.0 Å². The van der Waals surface area contributed by atoms with E-state index in [1.807, 2.05) is 30.5 Å². The molecule has 0 atom stereocenters. The molecule has 0 spiro atoms. The maximum absolute atomic E-state index is 12.3. The number of hydrogen-bond donors (Lipinski definition) is 1. The molecule has 0 saturated carbocycles. The van der Waals surface area contributed by atoms with Crippen LogP contribution in [0.1, 0.15) is 5.56 Å². The predicted octanol–water partition coefficient (Wildman–Crippen LogP) is 4.35. The highest BCUT2D eigenvalue weighted by atomic mass is 35.5. The fourth-order valence-corrected chi connectivity index (χ4v) is 3.07. The van der Waals surface area contributed by atoms with Gasteiger partial charge in [-0.1, -0.05) is 41.4 Å². The zero-order valence-corrected chi connectivity index (χ0v) is 16.2. The van der Waals surface area contributed by atoms with Gasteiger partial charge in [0.05, 0.1) is 28.7 Å². The molecule has 0 bridgehead atoms. The van der Waals surface area contributed by atoms with E-state index in [-0.39, 0.29) is 24.8 Å². The maximum atomic E-state index is 12.3. The van der Waals surface area contributed by atoms with Crippen molar-refractivity contribution in [2.75, 3.05) is 25.2 Å². The Labute approximate surface area is 161 Å². The molecule has 2 amide bonds. The molecule has 2 rings (SSSR count). The van der Waals surface area contributed by atoms with Crippen LogP contribution in [0.15, 0.2) is 47.4 Å². The molecule has 0 heterocycles. The van der Waals surface area contributed by atoms with E-state index in [4.69, 9.17) is 23.2 Å². The number of halogens is 2. The van der Waals surface area contributed by atoms with Gasteiger partial charge in [-0.3, -0.25) is 9.59 Å². The first-order chi connectivity index (χ1) is 11.9. The van der Waals surface area contributed by atoms with Crippen molar-refractivity contribution in [1.82, 2.24) is 4.90 Å². The Morgan fingerprint density at radius 2 is 1.84 bits per heavy atom. The summed E-state index contributed by atoms with van der Waals surface area (Å²) in [5, 5.41) is 3.68. The van der Waals surface area contributed by atoms with Crippen LogP contribution in [-0.2, 0) is 16.0 Å². The summed E-state index contributed by atoms with van der Waals surface area (Å²) >= 11 is 13.4. The highest BCUT2D eigenvalue weighted by Gasteiger charge is 2.15. The molecule has 2 aromatic rings. The summed E-state index contributed by atoms with van der Waals surface area (Å²) < 4.78 is 0. The van der Waals surface area contributed by atoms with Gasteiger partial charge in [0, 0.05) is 11.9 Å². The first-order valence-corrected chi connectivity index (χ1v) is 9.49. The van der Waals surface area contributed by atoms with E-state index in [1.165, 1.54) is 4.90 Å². The summed E-state index contributed by atoms with van der Waals surface area (Å²) in [5.74, 6) is -0.418. The molecular formula is C18H18Cl2N2O2S. The van der Waals surface area contributed by atoms with E-state index >= 15 is 0 Å². The van der Waals surface area contributed by atoms with E-state index in [0.29, 0.717) is 10.0 Å². The molecule has 2 aromatic carbocycles. The Hall–Kier alpha value is -1.69. The molecule has 0 unspecified atom stereocenters. The van der Waals surface area contributed by atoms with Crippen LogP contribution < -0.4 is 5.32 Å². The molecule has 0 radical (unpaired) electrons. The number of thioether (sulfide) groups is 1. The van der Waals surface area contributed by atoms with E-state index in [9.17, 15) is 9.59 Å². The standard InChI is InChI=1S/C18H18Cl2N2O2S/c1-22(18(24)10-12-7-8-13(19)14(20)9-12)11-17(23)21-15-5-3-4-6-16(15)25-2/h3-9H,10-11H2,1-2H3,(H,21,23). The third-order valence-corrected chi connectivity index (χ3v) is 5.06. The van der Waals surface area contributed by atoms with Gasteiger partial charge in [0.25, 0.3) is 0 Å². The summed E-state index contributed by atoms with van der Waals surface area (Å²) in [6, 6.07) is 12.6. The molecule has 4 nitrogen and oxygen atoms in total. The maximum Gasteiger partial charge on any atom is 0.244 e. The number of likely N-dealkylation sites (N-methyl/N-ethyl adjacent to an activating group) is 1. The van der Waals surface area contributed by atoms with Crippen molar-refractivity contribution in [2.45, 2.75) is 11.3 Å². The lowest BCUT2D eigenvalue weighted by atomic mass is 10.1. The Balaban J connectivity index is 1.93. The van der Waals surface area contributed by atoms with Gasteiger partial charge in [-0.15, -0.1) is 11.8 Å². The Morgan fingerprint density at radius 3 is 2.52 bits per heavy atom. The molecular weight excluding hydrogens is 379 g/mol. The third-order valence-electron chi connectivity index (χ3n) is 3.53. The highest BCUT2D eigenvalue weighted by Crippen LogP contribution is 2.25. The summed E-state index contributed by atoms with van der Waals surface area (Å²) in [6.07, 6.45) is 2.10. The van der Waals surface area contributed by atoms with E-state index < -0.39 is 0 Å². The minimum atomic E-state index is -0.244. The lowest BCUT2D eigenvalue weighted by Gasteiger charge is -2.17. The Kier molecular flexibility index (Phi) is 7.17. The SMILES string of the molecule is CSc1ccccc1NC(=O)CN(C)C(=O)Cc1ccc(Cl)c(Cl)c1. The van der Waals surface area contributed by atoms with Gasteiger partial charge in [-0.2, -0.15) is 0 Å². The molecule has 0 aliphatic carbocycles. The largest absolute Gasteiger partial charge is 0.336 e. The fourth-order valence-electron chi connectivity index (χ4n) is 2.20. The highest BCUT2D eigenvalue weighted by molar-refractivity contribution is 7.98. The minimum absolute atomic E-state index is 0.0249. The second-order valence-electron chi connectivity index (χ2n) is 5.42. The first kappa shape index (κ1) is 19.6. The van der Waals surface area contributed by atoms with Gasteiger partial charge < -0.3 is 10.2 Å². The molecule has 0 fully saturated rings. The molecule has 132 valence electrons. The van der Waals surface area contributed by atoms with Crippen LogP contribution >= 0.6 is 35.0 Å². The number of amides is 2. The van der Waals surface area contributed by atoms with Gasteiger partial charge in [0.2, 0.25) is 11.8 Å². The number of hydrogen-bond acceptors (Lipinski definition) is 3. The summed E-state index contributed by atoms with van der Waals surface area (Å²) in [5.41, 5.74) is 1.49. The minimum Gasteiger partial charge on any atom is -0.336 e. The van der Waals surface area contributed by atoms with Crippen molar-refractivity contribution in [3.63, 3.8) is 0 Å². The normalized spacial score (nSPS) is 10.4. The monoisotopic (exact) mass is 396 g/mol.